The Bertz CT molecular complexity index is 1530. The number of rotatable bonds is 6. The lowest BCUT2D eigenvalue weighted by Crippen LogP contribution is -2.19. The zero-order chi connectivity index (χ0) is 25.2. The second-order valence-corrected chi connectivity index (χ2v) is 8.83. The van der Waals surface area contributed by atoms with Gasteiger partial charge in [0.05, 0.1) is 23.7 Å². The van der Waals surface area contributed by atoms with Crippen LogP contribution in [-0.2, 0) is 9.53 Å². The van der Waals surface area contributed by atoms with Crippen molar-refractivity contribution < 1.29 is 23.4 Å². The molecule has 180 valence electrons. The predicted molar refractivity (Wildman–Crippen MR) is 137 cm³/mol. The second kappa shape index (κ2) is 9.84. The number of hydrogen-bond donors (Lipinski definition) is 1. The van der Waals surface area contributed by atoms with Gasteiger partial charge in [0.1, 0.15) is 6.10 Å². The number of aliphatic carboxylic acids is 1. The number of hydrogen-bond acceptors (Lipinski definition) is 3. The first-order valence-corrected chi connectivity index (χ1v) is 11.6. The number of ether oxygens (including phenoxy) is 1. The van der Waals surface area contributed by atoms with Crippen LogP contribution in [0.4, 0.5) is 8.78 Å². The molecule has 1 aromatic heterocycles. The fraction of sp³-hybridized carbons (Fsp3) is 0.133. The van der Waals surface area contributed by atoms with Crippen LogP contribution in [0.5, 0.6) is 0 Å². The van der Waals surface area contributed by atoms with Crippen molar-refractivity contribution in [2.45, 2.75) is 13.0 Å². The maximum absolute atomic E-state index is 13.6. The lowest BCUT2D eigenvalue weighted by molar-refractivity contribution is -0.143. The Morgan fingerprint density at radius 1 is 0.972 bits per heavy atom. The minimum Gasteiger partial charge on any atom is -0.481 e. The highest BCUT2D eigenvalue weighted by Crippen LogP contribution is 2.36. The van der Waals surface area contributed by atoms with Crippen molar-refractivity contribution in [3.05, 3.63) is 112 Å². The van der Waals surface area contributed by atoms with Crippen molar-refractivity contribution in [2.75, 3.05) is 6.61 Å². The zero-order valence-corrected chi connectivity index (χ0v) is 19.5. The molecule has 0 aliphatic heterocycles. The first-order chi connectivity index (χ1) is 17.4. The summed E-state index contributed by atoms with van der Waals surface area (Å²) in [5.74, 6) is -3.38. The SMILES string of the molecule is CC(COC1c2ccccc2C=Cc2ccc(C=Cc3ccc4cc(F)c(F)cc4n3)cc21)C(=O)O. The van der Waals surface area contributed by atoms with Gasteiger partial charge in [-0.15, -0.1) is 0 Å². The summed E-state index contributed by atoms with van der Waals surface area (Å²) in [4.78, 5) is 15.8. The molecule has 1 aliphatic rings. The molecule has 2 atom stereocenters. The van der Waals surface area contributed by atoms with Gasteiger partial charge in [0.25, 0.3) is 0 Å². The van der Waals surface area contributed by atoms with Gasteiger partial charge in [0.15, 0.2) is 11.6 Å². The van der Waals surface area contributed by atoms with Crippen LogP contribution in [0.1, 0.15) is 46.5 Å². The quantitative estimate of drug-likeness (QED) is 0.321. The molecule has 0 amide bonds. The minimum atomic E-state index is -0.932. The zero-order valence-electron chi connectivity index (χ0n) is 19.5. The molecule has 3 aromatic carbocycles. The summed E-state index contributed by atoms with van der Waals surface area (Å²) in [5, 5.41) is 9.85. The van der Waals surface area contributed by atoms with Crippen molar-refractivity contribution >= 4 is 41.2 Å². The Morgan fingerprint density at radius 3 is 2.53 bits per heavy atom. The first-order valence-electron chi connectivity index (χ1n) is 11.6. The standard InChI is InChI=1S/C30H23F2NO3/c1-18(30(34)35)17-36-29-24-5-3-2-4-20(24)9-10-21-8-6-19(14-25(21)29)7-12-23-13-11-22-15-26(31)27(32)16-28(22)33-23/h2-16,18,29H,17H2,1H3,(H,34,35). The highest BCUT2D eigenvalue weighted by atomic mass is 19.2. The Labute approximate surface area is 207 Å². The van der Waals surface area contributed by atoms with Crippen LogP contribution >= 0.6 is 0 Å². The first kappa shape index (κ1) is 23.6. The molecule has 5 rings (SSSR count). The lowest BCUT2D eigenvalue weighted by atomic mass is 9.94. The normalized spacial score (nSPS) is 15.5. The summed E-state index contributed by atoms with van der Waals surface area (Å²) < 4.78 is 33.3. The average Bonchev–Trinajstić information content (AvgIpc) is 3.03. The molecule has 6 heteroatoms. The number of nitrogens with zero attached hydrogens (tertiary/aromatic N) is 1. The van der Waals surface area contributed by atoms with E-state index in [0.29, 0.717) is 16.6 Å². The van der Waals surface area contributed by atoms with E-state index in [1.54, 1.807) is 19.1 Å². The molecule has 1 heterocycles. The van der Waals surface area contributed by atoms with Crippen LogP contribution in [-0.4, -0.2) is 22.7 Å². The van der Waals surface area contributed by atoms with Gasteiger partial charge in [0.2, 0.25) is 0 Å². The van der Waals surface area contributed by atoms with Gasteiger partial charge in [-0.1, -0.05) is 60.7 Å². The van der Waals surface area contributed by atoms with Crippen LogP contribution in [0.15, 0.2) is 66.7 Å². The molecule has 0 radical (unpaired) electrons. The monoisotopic (exact) mass is 483 g/mol. The average molecular weight is 484 g/mol. The third kappa shape index (κ3) is 4.81. The number of fused-ring (bicyclic) bond motifs is 3. The number of aromatic nitrogens is 1. The summed E-state index contributed by atoms with van der Waals surface area (Å²) in [5.41, 5.74) is 5.78. The molecular formula is C30H23F2NO3. The van der Waals surface area contributed by atoms with E-state index in [9.17, 15) is 18.7 Å². The molecule has 0 saturated carbocycles. The smallest absolute Gasteiger partial charge is 0.308 e. The van der Waals surface area contributed by atoms with Crippen LogP contribution in [0.3, 0.4) is 0 Å². The lowest BCUT2D eigenvalue weighted by Gasteiger charge is -2.22. The summed E-state index contributed by atoms with van der Waals surface area (Å²) in [6, 6.07) is 19.6. The Kier molecular flexibility index (Phi) is 6.44. The molecule has 0 spiro atoms. The van der Waals surface area contributed by atoms with Crippen molar-refractivity contribution in [1.82, 2.24) is 4.98 Å². The third-order valence-electron chi connectivity index (χ3n) is 6.25. The number of carboxylic acids is 1. The van der Waals surface area contributed by atoms with Gasteiger partial charge in [-0.05, 0) is 59.0 Å². The summed E-state index contributed by atoms with van der Waals surface area (Å²) in [7, 11) is 0. The number of carbonyl (C=O) groups is 1. The highest BCUT2D eigenvalue weighted by Gasteiger charge is 2.24. The maximum Gasteiger partial charge on any atom is 0.308 e. The van der Waals surface area contributed by atoms with Gasteiger partial charge in [-0.3, -0.25) is 4.79 Å². The van der Waals surface area contributed by atoms with E-state index in [-0.39, 0.29) is 6.61 Å². The van der Waals surface area contributed by atoms with Gasteiger partial charge in [0, 0.05) is 11.5 Å². The Hall–Kier alpha value is -4.16. The molecule has 4 aromatic rings. The summed E-state index contributed by atoms with van der Waals surface area (Å²) >= 11 is 0. The number of benzene rings is 3. The molecule has 2 unspecified atom stereocenters. The van der Waals surface area contributed by atoms with Crippen LogP contribution in [0.2, 0.25) is 0 Å². The van der Waals surface area contributed by atoms with E-state index in [0.717, 1.165) is 39.9 Å². The van der Waals surface area contributed by atoms with E-state index in [2.05, 4.69) is 4.98 Å². The molecule has 1 N–H and O–H groups in total. The summed E-state index contributed by atoms with van der Waals surface area (Å²) in [6.45, 7) is 1.70. The minimum absolute atomic E-state index is 0.0754. The fourth-order valence-corrected chi connectivity index (χ4v) is 4.22. The van der Waals surface area contributed by atoms with Crippen LogP contribution < -0.4 is 0 Å². The van der Waals surface area contributed by atoms with Crippen molar-refractivity contribution in [3.63, 3.8) is 0 Å². The van der Waals surface area contributed by atoms with Gasteiger partial charge >= 0.3 is 5.97 Å². The van der Waals surface area contributed by atoms with E-state index in [1.165, 1.54) is 0 Å². The van der Waals surface area contributed by atoms with E-state index < -0.39 is 29.6 Å². The topological polar surface area (TPSA) is 59.4 Å². The molecule has 36 heavy (non-hydrogen) atoms. The van der Waals surface area contributed by atoms with Crippen LogP contribution in [0.25, 0.3) is 35.2 Å². The number of pyridine rings is 1. The highest BCUT2D eigenvalue weighted by molar-refractivity contribution is 5.82. The van der Waals surface area contributed by atoms with E-state index in [4.69, 9.17) is 4.74 Å². The third-order valence-corrected chi connectivity index (χ3v) is 6.25. The van der Waals surface area contributed by atoms with Gasteiger partial charge in [-0.25, -0.2) is 13.8 Å². The molecule has 0 saturated heterocycles. The van der Waals surface area contributed by atoms with E-state index in [1.807, 2.05) is 66.8 Å². The van der Waals surface area contributed by atoms with Gasteiger partial charge < -0.3 is 9.84 Å². The molecule has 0 fully saturated rings. The number of carboxylic acid groups (broad SMARTS) is 1. The van der Waals surface area contributed by atoms with Gasteiger partial charge in [-0.2, -0.15) is 0 Å². The number of halogens is 2. The largest absolute Gasteiger partial charge is 0.481 e. The molecule has 0 bridgehead atoms. The van der Waals surface area contributed by atoms with Crippen molar-refractivity contribution in [1.29, 1.82) is 0 Å². The maximum atomic E-state index is 13.6. The summed E-state index contributed by atoms with van der Waals surface area (Å²) in [6.07, 6.45) is 7.34. The van der Waals surface area contributed by atoms with Crippen LogP contribution in [0, 0.1) is 17.6 Å². The molecule has 4 nitrogen and oxygen atoms in total. The van der Waals surface area contributed by atoms with Crippen molar-refractivity contribution in [3.8, 4) is 0 Å². The second-order valence-electron chi connectivity index (χ2n) is 8.83. The Balaban J connectivity index is 1.49. The Morgan fingerprint density at radius 2 is 1.72 bits per heavy atom. The fourth-order valence-electron chi connectivity index (χ4n) is 4.22. The molecule has 1 aliphatic carbocycles. The molecular weight excluding hydrogens is 460 g/mol. The predicted octanol–water partition coefficient (Wildman–Crippen LogP) is 6.99. The van der Waals surface area contributed by atoms with E-state index >= 15 is 0 Å². The van der Waals surface area contributed by atoms with Crippen molar-refractivity contribution in [2.24, 2.45) is 5.92 Å².